The Morgan fingerprint density at radius 2 is 2.06 bits per heavy atom. The summed E-state index contributed by atoms with van der Waals surface area (Å²) in [4.78, 5) is 0.310. The monoisotopic (exact) mass is 332 g/mol. The lowest BCUT2D eigenvalue weighted by atomic mass is 10.2. The van der Waals surface area contributed by atoms with Crippen LogP contribution in [-0.4, -0.2) is 27.5 Å². The molecule has 1 aliphatic rings. The standard InChI is InChI=1S/C12H17BrN2O2S/c13-10-3-5-12(6-4-10)18(16,17)15-9-7-11-2-1-8-14-11/h3-6,11,14-15H,1-2,7-9H2/t11-/m1/s1. The number of halogens is 1. The van der Waals surface area contributed by atoms with Gasteiger partial charge in [0.1, 0.15) is 0 Å². The Kier molecular flexibility index (Phi) is 4.77. The average Bonchev–Trinajstić information content (AvgIpc) is 2.82. The van der Waals surface area contributed by atoms with E-state index in [0.29, 0.717) is 17.5 Å². The Morgan fingerprint density at radius 1 is 1.33 bits per heavy atom. The molecule has 0 spiro atoms. The van der Waals surface area contributed by atoms with Crippen molar-refractivity contribution >= 4 is 26.0 Å². The number of rotatable bonds is 5. The van der Waals surface area contributed by atoms with Gasteiger partial charge in [0.25, 0.3) is 0 Å². The molecule has 1 saturated heterocycles. The van der Waals surface area contributed by atoms with E-state index in [2.05, 4.69) is 26.0 Å². The number of hydrogen-bond donors (Lipinski definition) is 2. The van der Waals surface area contributed by atoms with Gasteiger partial charge < -0.3 is 5.32 Å². The molecule has 18 heavy (non-hydrogen) atoms. The lowest BCUT2D eigenvalue weighted by molar-refractivity contribution is 0.539. The highest BCUT2D eigenvalue weighted by molar-refractivity contribution is 9.10. The van der Waals surface area contributed by atoms with E-state index < -0.39 is 10.0 Å². The highest BCUT2D eigenvalue weighted by Crippen LogP contribution is 2.14. The van der Waals surface area contributed by atoms with Crippen LogP contribution in [0.2, 0.25) is 0 Å². The van der Waals surface area contributed by atoms with E-state index in [9.17, 15) is 8.42 Å². The second-order valence-corrected chi connectivity index (χ2v) is 7.12. The van der Waals surface area contributed by atoms with Crippen LogP contribution < -0.4 is 10.0 Å². The predicted octanol–water partition coefficient (Wildman–Crippen LogP) is 1.87. The van der Waals surface area contributed by atoms with Crippen LogP contribution in [0.1, 0.15) is 19.3 Å². The number of benzene rings is 1. The first kappa shape index (κ1) is 14.0. The lowest BCUT2D eigenvalue weighted by Gasteiger charge is -2.11. The SMILES string of the molecule is O=S(=O)(NCC[C@H]1CCCN1)c1ccc(Br)cc1. The first-order valence-corrected chi connectivity index (χ1v) is 8.34. The fraction of sp³-hybridized carbons (Fsp3) is 0.500. The summed E-state index contributed by atoms with van der Waals surface area (Å²) in [6.07, 6.45) is 3.17. The zero-order valence-electron chi connectivity index (χ0n) is 10.0. The minimum Gasteiger partial charge on any atom is -0.314 e. The summed E-state index contributed by atoms with van der Waals surface area (Å²) in [7, 11) is -3.37. The molecule has 1 aromatic rings. The van der Waals surface area contributed by atoms with Gasteiger partial charge in [-0.05, 0) is 50.1 Å². The quantitative estimate of drug-likeness (QED) is 0.865. The Balaban J connectivity index is 1.88. The van der Waals surface area contributed by atoms with Gasteiger partial charge in [0.2, 0.25) is 10.0 Å². The number of sulfonamides is 1. The molecule has 2 rings (SSSR count). The molecule has 4 nitrogen and oxygen atoms in total. The summed E-state index contributed by atoms with van der Waals surface area (Å²) in [6, 6.07) is 7.11. The van der Waals surface area contributed by atoms with Crippen LogP contribution in [0.5, 0.6) is 0 Å². The molecule has 1 aliphatic heterocycles. The van der Waals surface area contributed by atoms with E-state index in [0.717, 1.165) is 23.9 Å². The third-order valence-electron chi connectivity index (χ3n) is 3.07. The van der Waals surface area contributed by atoms with Crippen molar-refractivity contribution in [1.82, 2.24) is 10.0 Å². The van der Waals surface area contributed by atoms with Gasteiger partial charge in [-0.3, -0.25) is 0 Å². The van der Waals surface area contributed by atoms with Crippen LogP contribution in [0.3, 0.4) is 0 Å². The van der Waals surface area contributed by atoms with E-state index in [1.165, 1.54) is 6.42 Å². The maximum absolute atomic E-state index is 12.0. The maximum Gasteiger partial charge on any atom is 0.240 e. The zero-order valence-corrected chi connectivity index (χ0v) is 12.4. The van der Waals surface area contributed by atoms with Crippen molar-refractivity contribution < 1.29 is 8.42 Å². The second kappa shape index (κ2) is 6.14. The van der Waals surface area contributed by atoms with E-state index in [4.69, 9.17) is 0 Å². The molecule has 1 fully saturated rings. The van der Waals surface area contributed by atoms with Crippen molar-refractivity contribution in [2.45, 2.75) is 30.2 Å². The van der Waals surface area contributed by atoms with Gasteiger partial charge >= 0.3 is 0 Å². The zero-order chi connectivity index (χ0) is 13.0. The van der Waals surface area contributed by atoms with Crippen LogP contribution in [0.15, 0.2) is 33.6 Å². The van der Waals surface area contributed by atoms with E-state index in [1.54, 1.807) is 24.3 Å². The molecule has 1 atom stereocenters. The minimum atomic E-state index is -3.37. The fourth-order valence-electron chi connectivity index (χ4n) is 2.07. The highest BCUT2D eigenvalue weighted by atomic mass is 79.9. The molecule has 1 aromatic carbocycles. The molecule has 0 amide bonds. The second-order valence-electron chi connectivity index (χ2n) is 4.43. The van der Waals surface area contributed by atoms with Gasteiger partial charge in [0, 0.05) is 17.1 Å². The normalized spacial score (nSPS) is 20.2. The highest BCUT2D eigenvalue weighted by Gasteiger charge is 2.16. The van der Waals surface area contributed by atoms with Crippen molar-refractivity contribution in [3.63, 3.8) is 0 Å². The van der Waals surface area contributed by atoms with Crippen molar-refractivity contribution in [2.24, 2.45) is 0 Å². The van der Waals surface area contributed by atoms with Crippen LogP contribution in [0, 0.1) is 0 Å². The molecular weight excluding hydrogens is 316 g/mol. The number of hydrogen-bond acceptors (Lipinski definition) is 3. The summed E-state index contributed by atoms with van der Waals surface area (Å²) < 4.78 is 27.5. The predicted molar refractivity (Wildman–Crippen MR) is 75.0 cm³/mol. The van der Waals surface area contributed by atoms with Gasteiger partial charge in [-0.2, -0.15) is 0 Å². The van der Waals surface area contributed by atoms with Gasteiger partial charge in [-0.1, -0.05) is 15.9 Å². The Bertz CT molecular complexity index is 481. The van der Waals surface area contributed by atoms with Crippen LogP contribution in [0.25, 0.3) is 0 Å². The van der Waals surface area contributed by atoms with Crippen molar-refractivity contribution in [3.05, 3.63) is 28.7 Å². The van der Waals surface area contributed by atoms with Crippen molar-refractivity contribution in [2.75, 3.05) is 13.1 Å². The van der Waals surface area contributed by atoms with Gasteiger partial charge in [0.15, 0.2) is 0 Å². The molecule has 0 radical (unpaired) electrons. The molecule has 0 saturated carbocycles. The fourth-order valence-corrected chi connectivity index (χ4v) is 3.38. The molecular formula is C12H17BrN2O2S. The Labute approximate surface area is 116 Å². The third kappa shape index (κ3) is 3.78. The molecule has 0 aliphatic carbocycles. The van der Waals surface area contributed by atoms with Crippen LogP contribution in [-0.2, 0) is 10.0 Å². The molecule has 0 aromatic heterocycles. The summed E-state index contributed by atoms with van der Waals surface area (Å²) in [6.45, 7) is 1.53. The molecule has 2 N–H and O–H groups in total. The van der Waals surface area contributed by atoms with Crippen molar-refractivity contribution in [1.29, 1.82) is 0 Å². The summed E-state index contributed by atoms with van der Waals surface area (Å²) in [5.41, 5.74) is 0. The van der Waals surface area contributed by atoms with E-state index >= 15 is 0 Å². The van der Waals surface area contributed by atoms with Crippen molar-refractivity contribution in [3.8, 4) is 0 Å². The first-order chi connectivity index (χ1) is 8.58. The smallest absolute Gasteiger partial charge is 0.240 e. The largest absolute Gasteiger partial charge is 0.314 e. The van der Waals surface area contributed by atoms with Gasteiger partial charge in [-0.25, -0.2) is 13.1 Å². The van der Waals surface area contributed by atoms with Crippen LogP contribution in [0.4, 0.5) is 0 Å². The first-order valence-electron chi connectivity index (χ1n) is 6.06. The molecule has 100 valence electrons. The summed E-state index contributed by atoms with van der Waals surface area (Å²) in [5, 5.41) is 3.35. The lowest BCUT2D eigenvalue weighted by Crippen LogP contribution is -2.30. The van der Waals surface area contributed by atoms with Gasteiger partial charge in [-0.15, -0.1) is 0 Å². The maximum atomic E-state index is 12.0. The summed E-state index contributed by atoms with van der Waals surface area (Å²) in [5.74, 6) is 0. The summed E-state index contributed by atoms with van der Waals surface area (Å²) >= 11 is 3.29. The topological polar surface area (TPSA) is 58.2 Å². The average molecular weight is 333 g/mol. The Hall–Kier alpha value is -0.430. The molecule has 1 heterocycles. The minimum absolute atomic E-state index is 0.310. The third-order valence-corrected chi connectivity index (χ3v) is 5.08. The molecule has 6 heteroatoms. The van der Waals surface area contributed by atoms with E-state index in [1.807, 2.05) is 0 Å². The Morgan fingerprint density at radius 3 is 2.67 bits per heavy atom. The molecule has 0 bridgehead atoms. The van der Waals surface area contributed by atoms with E-state index in [-0.39, 0.29) is 0 Å². The van der Waals surface area contributed by atoms with Gasteiger partial charge in [0.05, 0.1) is 4.90 Å². The molecule has 0 unspecified atom stereocenters. The van der Waals surface area contributed by atoms with Crippen LogP contribution >= 0.6 is 15.9 Å². The number of nitrogens with one attached hydrogen (secondary N) is 2.